The summed E-state index contributed by atoms with van der Waals surface area (Å²) in [4.78, 5) is 28.0. The van der Waals surface area contributed by atoms with Crippen LogP contribution in [0.4, 0.5) is 0 Å². The summed E-state index contributed by atoms with van der Waals surface area (Å²) in [6, 6.07) is 0. The van der Waals surface area contributed by atoms with Crippen molar-refractivity contribution in [2.24, 2.45) is 14.0 Å². The highest BCUT2D eigenvalue weighted by molar-refractivity contribution is 5.69. The number of imidazole rings is 1. The predicted octanol–water partition coefficient (Wildman–Crippen LogP) is -0.546. The summed E-state index contributed by atoms with van der Waals surface area (Å²) < 4.78 is 46.4. The molecule has 2 aromatic rings. The largest absolute Gasteiger partial charge is 0.332 e. The van der Waals surface area contributed by atoms with Gasteiger partial charge in [-0.2, -0.15) is 0 Å². The Kier molecular flexibility index (Phi) is 0.981. The van der Waals surface area contributed by atoms with Gasteiger partial charge in [-0.05, 0) is 6.92 Å². The van der Waals surface area contributed by atoms with Gasteiger partial charge in [0.1, 0.15) is 1.37 Å². The van der Waals surface area contributed by atoms with Crippen LogP contribution in [-0.2, 0) is 20.5 Å². The highest BCUT2D eigenvalue weighted by Gasteiger charge is 2.12. The first-order valence-electron chi connectivity index (χ1n) is 7.09. The molecule has 2 aromatic heterocycles. The zero-order valence-electron chi connectivity index (χ0n) is 14.1. The molecule has 0 aliphatic rings. The molecule has 0 saturated carbocycles. The molecule has 0 saturated heterocycles. The van der Waals surface area contributed by atoms with Crippen molar-refractivity contribution in [2.75, 3.05) is 0 Å². The minimum atomic E-state index is -2.85. The van der Waals surface area contributed by atoms with Crippen LogP contribution in [0, 0.1) is 0 Å². The van der Waals surface area contributed by atoms with E-state index >= 15 is 0 Å². The highest BCUT2D eigenvalue weighted by Crippen LogP contribution is 2.02. The molecule has 80 valence electrons. The average molecular weight is 214 g/mol. The molecule has 6 heteroatoms. The van der Waals surface area contributed by atoms with E-state index in [-0.39, 0.29) is 5.65 Å². The first kappa shape index (κ1) is 4.78. The van der Waals surface area contributed by atoms with Crippen molar-refractivity contribution < 1.29 is 8.22 Å². The Hall–Kier alpha value is -1.85. The second kappa shape index (κ2) is 3.08. The molecule has 0 N–H and O–H groups in total. The molecule has 0 unspecified atom stereocenters. The highest BCUT2D eigenvalue weighted by atomic mass is 16.2. The van der Waals surface area contributed by atoms with E-state index in [1.165, 1.54) is 7.05 Å². The standard InChI is InChI=1S/C9H12N4O2/c1-4-13-8(14)6-7(10-5-11(6)2)12(3)9(13)15/h5H,4H2,1-3H3/i2D3,4D2,5D. The van der Waals surface area contributed by atoms with E-state index in [9.17, 15) is 9.59 Å². The van der Waals surface area contributed by atoms with E-state index in [2.05, 4.69) is 4.98 Å². The van der Waals surface area contributed by atoms with Gasteiger partial charge in [-0.3, -0.25) is 13.9 Å². The summed E-state index contributed by atoms with van der Waals surface area (Å²) in [6.45, 7) is -4.17. The molecule has 0 radical (unpaired) electrons. The molecule has 0 fully saturated rings. The Morgan fingerprint density at radius 3 is 3.00 bits per heavy atom. The summed E-state index contributed by atoms with van der Waals surface area (Å²) in [6.07, 6.45) is -0.702. The quantitative estimate of drug-likeness (QED) is 0.640. The van der Waals surface area contributed by atoms with Gasteiger partial charge in [0.2, 0.25) is 0 Å². The fraction of sp³-hybridized carbons (Fsp3) is 0.444. The van der Waals surface area contributed by atoms with Crippen LogP contribution in [0.25, 0.3) is 11.2 Å². The number of aryl methyl sites for hydroxylation is 2. The number of hydrogen-bond acceptors (Lipinski definition) is 3. The molecule has 2 heterocycles. The molecule has 15 heavy (non-hydrogen) atoms. The predicted molar refractivity (Wildman–Crippen MR) is 55.9 cm³/mol. The molecule has 0 aliphatic carbocycles. The molecule has 0 amide bonds. The maximum atomic E-state index is 12.3. The van der Waals surface area contributed by atoms with Gasteiger partial charge in [0.15, 0.2) is 11.2 Å². The smallest absolute Gasteiger partial charge is 0.328 e. The fourth-order valence-electron chi connectivity index (χ4n) is 1.36. The van der Waals surface area contributed by atoms with Crippen LogP contribution in [0.15, 0.2) is 15.9 Å². The second-order valence-corrected chi connectivity index (χ2v) is 2.93. The lowest BCUT2D eigenvalue weighted by Crippen LogP contribution is -2.39. The molecule has 0 aromatic carbocycles. The molecule has 6 nitrogen and oxygen atoms in total. The number of aromatic nitrogens is 4. The van der Waals surface area contributed by atoms with Gasteiger partial charge in [-0.1, -0.05) is 0 Å². The van der Waals surface area contributed by atoms with Crippen molar-refractivity contribution in [1.82, 2.24) is 18.7 Å². The van der Waals surface area contributed by atoms with E-state index in [0.29, 0.717) is 9.13 Å². The monoisotopic (exact) mass is 214 g/mol. The van der Waals surface area contributed by atoms with E-state index in [1.54, 1.807) is 0 Å². The lowest BCUT2D eigenvalue weighted by Gasteiger charge is -2.05. The van der Waals surface area contributed by atoms with Gasteiger partial charge in [0.05, 0.1) is 6.30 Å². The Labute approximate surface area is 93.8 Å². The number of nitrogens with zero attached hydrogens (tertiary/aromatic N) is 4. The van der Waals surface area contributed by atoms with Crippen LogP contribution in [0.1, 0.15) is 15.1 Å². The first-order chi connectivity index (χ1) is 9.37. The van der Waals surface area contributed by atoms with Gasteiger partial charge in [-0.25, -0.2) is 9.78 Å². The third-order valence-corrected chi connectivity index (χ3v) is 2.12. The number of hydrogen-bond donors (Lipinski definition) is 0. The molecular formula is C9H12N4O2. The lowest BCUT2D eigenvalue weighted by molar-refractivity contribution is 0.635. The second-order valence-electron chi connectivity index (χ2n) is 2.93. The van der Waals surface area contributed by atoms with Crippen LogP contribution < -0.4 is 11.2 Å². The van der Waals surface area contributed by atoms with Crippen LogP contribution >= 0.6 is 0 Å². The summed E-state index contributed by atoms with van der Waals surface area (Å²) in [5.41, 5.74) is -2.89. The minimum Gasteiger partial charge on any atom is -0.328 e. The summed E-state index contributed by atoms with van der Waals surface area (Å²) in [5, 5.41) is 0. The normalized spacial score (nSPS) is 18.8. The minimum absolute atomic E-state index is 0.272. The van der Waals surface area contributed by atoms with Gasteiger partial charge < -0.3 is 4.57 Å². The Morgan fingerprint density at radius 2 is 2.40 bits per heavy atom. The maximum absolute atomic E-state index is 12.3. The topological polar surface area (TPSA) is 61.8 Å². The Balaban J connectivity index is 3.16. The average Bonchev–Trinajstić information content (AvgIpc) is 2.62. The van der Waals surface area contributed by atoms with Crippen LogP contribution in [0.3, 0.4) is 0 Å². The zero-order valence-corrected chi connectivity index (χ0v) is 8.11. The molecule has 0 spiro atoms. The number of fused-ring (bicyclic) bond motifs is 1. The summed E-state index contributed by atoms with van der Waals surface area (Å²) >= 11 is 0. The third kappa shape index (κ3) is 1.14. The van der Waals surface area contributed by atoms with Crippen molar-refractivity contribution in [3.8, 4) is 0 Å². The zero-order chi connectivity index (χ0) is 16.3. The van der Waals surface area contributed by atoms with E-state index in [0.717, 1.165) is 11.5 Å². The third-order valence-electron chi connectivity index (χ3n) is 2.12. The molecule has 0 bridgehead atoms. The summed E-state index contributed by atoms with van der Waals surface area (Å²) in [5.74, 6) is 0. The van der Waals surface area contributed by atoms with E-state index in [1.807, 2.05) is 0 Å². The van der Waals surface area contributed by atoms with Gasteiger partial charge in [0.25, 0.3) is 5.56 Å². The molecular weight excluding hydrogens is 196 g/mol. The van der Waals surface area contributed by atoms with Gasteiger partial charge >= 0.3 is 5.69 Å². The number of rotatable bonds is 1. The van der Waals surface area contributed by atoms with Crippen molar-refractivity contribution in [2.45, 2.75) is 13.4 Å². The Bertz CT molecular complexity index is 837. The van der Waals surface area contributed by atoms with Gasteiger partial charge in [-0.15, -0.1) is 0 Å². The summed E-state index contributed by atoms with van der Waals surface area (Å²) in [7, 11) is 1.22. The lowest BCUT2D eigenvalue weighted by atomic mass is 10.5. The van der Waals surface area contributed by atoms with E-state index < -0.39 is 36.5 Å². The van der Waals surface area contributed by atoms with Crippen molar-refractivity contribution in [3.05, 3.63) is 27.1 Å². The van der Waals surface area contributed by atoms with Crippen LogP contribution in [-0.4, -0.2) is 18.7 Å². The van der Waals surface area contributed by atoms with Gasteiger partial charge in [0, 0.05) is 27.4 Å². The molecule has 0 aliphatic heterocycles. The van der Waals surface area contributed by atoms with E-state index in [4.69, 9.17) is 8.22 Å². The van der Waals surface area contributed by atoms with Crippen LogP contribution in [0.2, 0.25) is 0 Å². The van der Waals surface area contributed by atoms with Crippen molar-refractivity contribution in [3.63, 3.8) is 0 Å². The van der Waals surface area contributed by atoms with Crippen LogP contribution in [0.5, 0.6) is 0 Å². The molecule has 0 atom stereocenters. The maximum Gasteiger partial charge on any atom is 0.332 e. The molecule has 2 rings (SSSR count). The SMILES string of the molecule is [2H]c1nc2c(c(=O)n(C([2H])([2H])C)c(=O)n2C)n1C([2H])([2H])[2H]. The first-order valence-corrected chi connectivity index (χ1v) is 4.09. The van der Waals surface area contributed by atoms with Crippen molar-refractivity contribution >= 4 is 11.2 Å². The van der Waals surface area contributed by atoms with Crippen molar-refractivity contribution in [1.29, 1.82) is 0 Å². The fourth-order valence-corrected chi connectivity index (χ4v) is 1.36. The Morgan fingerprint density at radius 1 is 1.67 bits per heavy atom.